The van der Waals surface area contributed by atoms with Gasteiger partial charge in [0, 0.05) is 63.6 Å². The summed E-state index contributed by atoms with van der Waals surface area (Å²) in [5.41, 5.74) is 32.8. The molecule has 3 nitrogen and oxygen atoms in total. The van der Waals surface area contributed by atoms with Crippen LogP contribution in [0.5, 0.6) is 0 Å². The maximum atomic E-state index is 5.79. The minimum Gasteiger partial charge on any atom is -0.456 e. The van der Waals surface area contributed by atoms with Crippen molar-refractivity contribution in [1.29, 1.82) is 0 Å². The molecule has 2 aliphatic rings. The predicted octanol–water partition coefficient (Wildman–Crippen LogP) is 26.2. The van der Waals surface area contributed by atoms with E-state index in [1.807, 2.05) is 47.7 Å². The van der Waals surface area contributed by atoms with Gasteiger partial charge in [0.05, 0.1) is 11.0 Å². The van der Waals surface area contributed by atoms with Gasteiger partial charge in [0.15, 0.2) is 0 Å². The molecule has 1 aliphatic carbocycles. The Kier molecular flexibility index (Phi) is 17.9. The van der Waals surface area contributed by atoms with E-state index in [0.717, 1.165) is 22.3 Å². The van der Waals surface area contributed by atoms with Crippen molar-refractivity contribution in [3.8, 4) is 27.9 Å². The first-order valence-corrected chi connectivity index (χ1v) is 39.0. The van der Waals surface area contributed by atoms with Crippen molar-refractivity contribution < 1.29 is 8.83 Å². The van der Waals surface area contributed by atoms with E-state index >= 15 is 0 Å². The van der Waals surface area contributed by atoms with E-state index in [1.165, 1.54) is 169 Å². The Hall–Kier alpha value is -10.3. The Bertz CT molecular complexity index is 5610. The van der Waals surface area contributed by atoms with E-state index in [0.29, 0.717) is 0 Å². The van der Waals surface area contributed by atoms with Crippen LogP contribution in [0.25, 0.3) is 114 Å². The average Bonchev–Trinajstić information content (AvgIpc) is 1.59. The van der Waals surface area contributed by atoms with Gasteiger partial charge in [0.1, 0.15) is 30.4 Å². The number of hydrogen-bond acceptors (Lipinski definition) is 3. The fraction of sp³-hybridized carbons (Fsp3) is 0.179. The topological polar surface area (TPSA) is 31.2 Å². The Labute approximate surface area is 595 Å². The van der Waals surface area contributed by atoms with Gasteiger partial charge < -0.3 is 13.4 Å². The van der Waals surface area contributed by atoms with Crippen LogP contribution in [0, 0.1) is 83.1 Å². The molecule has 0 N–H and O–H groups in total. The maximum absolute atomic E-state index is 5.79. The third-order valence-electron chi connectivity index (χ3n) is 21.7. The molecule has 1 aliphatic heterocycles. The smallest absolute Gasteiger partial charge is 0.135 e. The van der Waals surface area contributed by atoms with Crippen molar-refractivity contribution in [3.63, 3.8) is 0 Å². The highest BCUT2D eigenvalue weighted by Crippen LogP contribution is 2.49. The van der Waals surface area contributed by atoms with Gasteiger partial charge in [-0.1, -0.05) is 191 Å². The summed E-state index contributed by atoms with van der Waals surface area (Å²) in [6.45, 7) is 35.6. The largest absolute Gasteiger partial charge is 0.456 e. The van der Waals surface area contributed by atoms with E-state index in [9.17, 15) is 0 Å². The molecule has 0 fully saturated rings. The summed E-state index contributed by atoms with van der Waals surface area (Å²) in [6.07, 6.45) is 0. The second-order valence-electron chi connectivity index (χ2n) is 29.0. The highest BCUT2D eigenvalue weighted by atomic mass is 32.1. The molecule has 19 rings (SSSR count). The summed E-state index contributed by atoms with van der Waals surface area (Å²) in [5, 5.41) is 13.5. The number of fused-ring (bicyclic) bond motifs is 18. The molecule has 0 radical (unpaired) electrons. The van der Waals surface area contributed by atoms with Crippen molar-refractivity contribution in [3.05, 3.63) is 327 Å². The van der Waals surface area contributed by atoms with Crippen LogP contribution in [0.4, 0.5) is 0 Å². The van der Waals surface area contributed by atoms with E-state index in [1.54, 1.807) is 10.4 Å². The van der Waals surface area contributed by atoms with Gasteiger partial charge >= 0.3 is 0 Å². The van der Waals surface area contributed by atoms with Crippen LogP contribution in [0.2, 0.25) is 13.1 Å². The molecule has 496 valence electrons. The van der Waals surface area contributed by atoms with Crippen LogP contribution in [0.1, 0.15) is 91.7 Å². The normalized spacial score (nSPS) is 12.8. The number of rotatable bonds is 1. The Morgan fingerprint density at radius 2 is 0.720 bits per heavy atom. The highest BCUT2D eigenvalue weighted by Gasteiger charge is 2.38. The van der Waals surface area contributed by atoms with Gasteiger partial charge in [-0.2, -0.15) is 0 Å². The first kappa shape index (κ1) is 66.9. The Balaban J connectivity index is 0.000000103. The molecule has 4 aromatic heterocycles. The zero-order chi connectivity index (χ0) is 70.1. The van der Waals surface area contributed by atoms with Crippen molar-refractivity contribution in [1.82, 2.24) is 4.57 Å². The first-order valence-electron chi connectivity index (χ1n) is 35.2. The van der Waals surface area contributed by atoms with Crippen molar-refractivity contribution in [2.24, 2.45) is 0 Å². The molecular formula is C95H89NO2SSi. The lowest BCUT2D eigenvalue weighted by Crippen LogP contribution is -2.49. The zero-order valence-corrected chi connectivity index (χ0v) is 62.7. The monoisotopic (exact) mass is 1340 g/mol. The molecule has 5 heterocycles. The summed E-state index contributed by atoms with van der Waals surface area (Å²) in [7, 11) is -1.44. The molecule has 0 saturated carbocycles. The van der Waals surface area contributed by atoms with Crippen LogP contribution >= 0.6 is 11.3 Å². The van der Waals surface area contributed by atoms with E-state index in [4.69, 9.17) is 8.83 Å². The number of nitrogens with zero attached hydrogens (tertiary/aromatic N) is 1. The Morgan fingerprint density at radius 1 is 0.280 bits per heavy atom. The molecule has 5 heteroatoms. The number of thiophene rings is 1. The van der Waals surface area contributed by atoms with Gasteiger partial charge in [-0.3, -0.25) is 0 Å². The molecule has 0 atom stereocenters. The quantitative estimate of drug-likeness (QED) is 0.153. The number of aryl methyl sites for hydroxylation is 12. The summed E-state index contributed by atoms with van der Waals surface area (Å²) in [6, 6.07) is 89.3. The second kappa shape index (κ2) is 26.7. The minimum atomic E-state index is -1.44. The number of benzene rings is 13. The zero-order valence-electron chi connectivity index (χ0n) is 60.8. The van der Waals surface area contributed by atoms with Crippen molar-refractivity contribution >= 4 is 116 Å². The van der Waals surface area contributed by atoms with Gasteiger partial charge in [0.2, 0.25) is 0 Å². The third-order valence-corrected chi connectivity index (χ3v) is 26.4. The second-order valence-corrected chi connectivity index (χ2v) is 34.5. The number of aromatic nitrogens is 1. The molecule has 0 amide bonds. The fourth-order valence-corrected chi connectivity index (χ4v) is 19.3. The number of para-hydroxylation sites is 4. The lowest BCUT2D eigenvalue weighted by molar-refractivity contribution is 0.659. The molecule has 0 bridgehead atoms. The lowest BCUT2D eigenvalue weighted by atomic mass is 9.82. The van der Waals surface area contributed by atoms with Gasteiger partial charge in [-0.15, -0.1) is 11.3 Å². The maximum Gasteiger partial charge on any atom is 0.135 e. The van der Waals surface area contributed by atoms with E-state index in [2.05, 4.69) is 327 Å². The standard InChI is InChI=1S/C20H17N.C17H18.C16H18Si.2C14H12O.C14H12S/c1-14-12-18-17-10-6-7-11-19(17)21(20(18)13-15(14)2)16-8-4-3-5-9-16;2*1-11-9-14-13-7-5-6-8-15(13)17(3,4)16(14)10-12(11)2;3*1-9-7-12-11-5-3-4-6-13(11)15-14(12)8-10(9)2/h3-13H,1-2H3;2*5-10H,1-4H3;3*3-8H,1-2H3. The molecule has 100 heavy (non-hydrogen) atoms. The van der Waals surface area contributed by atoms with Crippen molar-refractivity contribution in [2.75, 3.05) is 0 Å². The van der Waals surface area contributed by atoms with Gasteiger partial charge in [-0.25, -0.2) is 0 Å². The SMILES string of the molecule is Cc1cc2c(cc1C)C(C)(C)c1ccccc1-2.Cc1cc2c(cc1C)[Si](C)(C)c1ccccc1-2.Cc1cc2c3ccccc3n(-c3ccccc3)c2cc1C.Cc1cc2oc3ccccc3c2cc1C.Cc1cc2oc3ccccc3c2cc1C.Cc1cc2sc3ccccc3c2cc1C. The van der Waals surface area contributed by atoms with Crippen molar-refractivity contribution in [2.45, 2.75) is 115 Å². The van der Waals surface area contributed by atoms with Gasteiger partial charge in [-0.05, 0) is 279 Å². The minimum absolute atomic E-state index is 0.143. The summed E-state index contributed by atoms with van der Waals surface area (Å²) in [4.78, 5) is 0. The van der Waals surface area contributed by atoms with E-state index in [-0.39, 0.29) is 5.41 Å². The highest BCUT2D eigenvalue weighted by molar-refractivity contribution is 7.25. The predicted molar refractivity (Wildman–Crippen MR) is 437 cm³/mol. The summed E-state index contributed by atoms with van der Waals surface area (Å²) in [5.74, 6) is 0. The van der Waals surface area contributed by atoms with Crippen LogP contribution in [0.3, 0.4) is 0 Å². The lowest BCUT2D eigenvalue weighted by Gasteiger charge is -2.22. The summed E-state index contributed by atoms with van der Waals surface area (Å²) >= 11 is 1.88. The van der Waals surface area contributed by atoms with Crippen LogP contribution in [0.15, 0.2) is 258 Å². The molecular weight excluding hydrogens is 1250 g/mol. The molecule has 0 spiro atoms. The van der Waals surface area contributed by atoms with Gasteiger partial charge in [0.25, 0.3) is 0 Å². The van der Waals surface area contributed by atoms with Crippen LogP contribution in [-0.2, 0) is 5.41 Å². The molecule has 0 unspecified atom stereocenters. The Morgan fingerprint density at radius 3 is 1.35 bits per heavy atom. The third kappa shape index (κ3) is 12.3. The van der Waals surface area contributed by atoms with Crippen LogP contribution < -0.4 is 10.4 Å². The number of furan rings is 2. The average molecular weight is 1340 g/mol. The first-order chi connectivity index (χ1) is 48.0. The summed E-state index contributed by atoms with van der Waals surface area (Å²) < 4.78 is 16.7. The molecule has 17 aromatic rings. The molecule has 0 saturated heterocycles. The molecule has 13 aromatic carbocycles. The number of hydrogen-bond donors (Lipinski definition) is 0. The van der Waals surface area contributed by atoms with Crippen LogP contribution in [-0.4, -0.2) is 12.6 Å². The van der Waals surface area contributed by atoms with E-state index < -0.39 is 8.07 Å². The fourth-order valence-electron chi connectivity index (χ4n) is 15.0.